The first-order chi connectivity index (χ1) is 10.3. The van der Waals surface area contributed by atoms with E-state index in [4.69, 9.17) is 4.74 Å². The summed E-state index contributed by atoms with van der Waals surface area (Å²) in [5.41, 5.74) is 1.71. The lowest BCUT2D eigenvalue weighted by atomic mass is 10.4. The average Bonchev–Trinajstić information content (AvgIpc) is 2.89. The second-order valence-electron chi connectivity index (χ2n) is 4.14. The monoisotopic (exact) mass is 319 g/mol. The van der Waals surface area contributed by atoms with Gasteiger partial charge < -0.3 is 10.1 Å². The number of pyridine rings is 1. The zero-order chi connectivity index (χ0) is 14.7. The van der Waals surface area contributed by atoms with Gasteiger partial charge in [0.05, 0.1) is 12.3 Å². The molecule has 3 aromatic rings. The van der Waals surface area contributed by atoms with E-state index in [9.17, 15) is 0 Å². The van der Waals surface area contributed by atoms with Crippen molar-refractivity contribution in [3.63, 3.8) is 0 Å². The van der Waals surface area contributed by atoms with Crippen molar-refractivity contribution in [3.8, 4) is 0 Å². The third-order valence-corrected chi connectivity index (χ3v) is 4.08. The number of nitrogens with zero attached hydrogens (tertiary/aromatic N) is 4. The lowest BCUT2D eigenvalue weighted by Crippen LogP contribution is -2.01. The number of thiazole rings is 1. The van der Waals surface area contributed by atoms with Gasteiger partial charge in [-0.2, -0.15) is 0 Å². The Morgan fingerprint density at radius 3 is 3.00 bits per heavy atom. The smallest absolute Gasteiger partial charge is 0.190 e. The first kappa shape index (κ1) is 14.2. The van der Waals surface area contributed by atoms with Gasteiger partial charge in [-0.15, -0.1) is 0 Å². The Morgan fingerprint density at radius 2 is 2.24 bits per heavy atom. The number of fused-ring (bicyclic) bond motifs is 1. The summed E-state index contributed by atoms with van der Waals surface area (Å²) in [5.74, 6) is 0.709. The number of thioether (sulfide) groups is 1. The number of ether oxygens (including phenoxy) is 1. The standard InChI is InChI=1S/C13H13N5OS2/c1-19-7-8-6-10(17-12(15-8)20-2)18-13-16-9-4-3-5-14-11(9)21-13/h3-6H,7H2,1-2H3,(H,15,16,17,18). The predicted molar refractivity (Wildman–Crippen MR) is 85.2 cm³/mol. The molecule has 1 N–H and O–H groups in total. The minimum Gasteiger partial charge on any atom is -0.378 e. The van der Waals surface area contributed by atoms with Gasteiger partial charge in [-0.1, -0.05) is 23.1 Å². The van der Waals surface area contributed by atoms with Crippen molar-refractivity contribution in [2.45, 2.75) is 11.8 Å². The number of nitrogens with one attached hydrogen (secondary N) is 1. The minimum absolute atomic E-state index is 0.451. The molecule has 0 bridgehead atoms. The summed E-state index contributed by atoms with van der Waals surface area (Å²) < 4.78 is 5.13. The van der Waals surface area contributed by atoms with Crippen LogP contribution in [0.1, 0.15) is 5.69 Å². The maximum atomic E-state index is 5.13. The Morgan fingerprint density at radius 1 is 1.33 bits per heavy atom. The van der Waals surface area contributed by atoms with Gasteiger partial charge >= 0.3 is 0 Å². The van der Waals surface area contributed by atoms with E-state index in [-0.39, 0.29) is 0 Å². The van der Waals surface area contributed by atoms with Gasteiger partial charge in [0, 0.05) is 19.4 Å². The van der Waals surface area contributed by atoms with E-state index in [2.05, 4.69) is 25.3 Å². The number of aromatic nitrogens is 4. The second-order valence-corrected chi connectivity index (χ2v) is 5.89. The van der Waals surface area contributed by atoms with Gasteiger partial charge in [-0.05, 0) is 18.4 Å². The fraction of sp³-hybridized carbons (Fsp3) is 0.231. The van der Waals surface area contributed by atoms with Crippen LogP contribution in [0.2, 0.25) is 0 Å². The summed E-state index contributed by atoms with van der Waals surface area (Å²) in [6.07, 6.45) is 3.70. The molecule has 0 aliphatic carbocycles. The van der Waals surface area contributed by atoms with E-state index < -0.39 is 0 Å². The van der Waals surface area contributed by atoms with Gasteiger partial charge in [-0.3, -0.25) is 0 Å². The summed E-state index contributed by atoms with van der Waals surface area (Å²) in [6, 6.07) is 5.68. The van der Waals surface area contributed by atoms with Crippen LogP contribution in [0.3, 0.4) is 0 Å². The molecule has 0 aromatic carbocycles. The lowest BCUT2D eigenvalue weighted by Gasteiger charge is -2.06. The zero-order valence-corrected chi connectivity index (χ0v) is 13.2. The van der Waals surface area contributed by atoms with Crippen molar-refractivity contribution in [2.75, 3.05) is 18.7 Å². The third-order valence-electron chi connectivity index (χ3n) is 2.63. The molecule has 0 saturated carbocycles. The van der Waals surface area contributed by atoms with E-state index in [0.717, 1.165) is 21.2 Å². The highest BCUT2D eigenvalue weighted by atomic mass is 32.2. The molecule has 0 aliphatic heterocycles. The first-order valence-corrected chi connectivity index (χ1v) is 8.22. The Hall–Kier alpha value is -1.77. The largest absolute Gasteiger partial charge is 0.378 e. The van der Waals surface area contributed by atoms with Crippen molar-refractivity contribution in [2.24, 2.45) is 0 Å². The van der Waals surface area contributed by atoms with Gasteiger partial charge in [0.2, 0.25) is 0 Å². The van der Waals surface area contributed by atoms with Crippen LogP contribution in [0.5, 0.6) is 0 Å². The van der Waals surface area contributed by atoms with Crippen molar-refractivity contribution < 1.29 is 4.74 Å². The Kier molecular flexibility index (Phi) is 4.28. The van der Waals surface area contributed by atoms with Crippen LogP contribution in [-0.2, 0) is 11.3 Å². The minimum atomic E-state index is 0.451. The SMILES string of the molecule is COCc1cc(Nc2nc3cccnc3s2)nc(SC)n1. The molecule has 8 heteroatoms. The van der Waals surface area contributed by atoms with Crippen molar-refractivity contribution in [3.05, 3.63) is 30.1 Å². The molecule has 0 amide bonds. The molecule has 21 heavy (non-hydrogen) atoms. The van der Waals surface area contributed by atoms with Gasteiger partial charge in [0.1, 0.15) is 16.2 Å². The molecule has 108 valence electrons. The van der Waals surface area contributed by atoms with Crippen LogP contribution in [0.4, 0.5) is 10.9 Å². The molecule has 0 atom stereocenters. The fourth-order valence-electron chi connectivity index (χ4n) is 1.78. The molecule has 0 fully saturated rings. The van der Waals surface area contributed by atoms with Crippen LogP contribution < -0.4 is 5.32 Å². The Bertz CT molecular complexity index is 728. The Balaban J connectivity index is 1.90. The van der Waals surface area contributed by atoms with Gasteiger partial charge in [0.25, 0.3) is 0 Å². The second kappa shape index (κ2) is 6.33. The van der Waals surface area contributed by atoms with Crippen molar-refractivity contribution in [1.82, 2.24) is 19.9 Å². The maximum Gasteiger partial charge on any atom is 0.190 e. The van der Waals surface area contributed by atoms with Crippen LogP contribution >= 0.6 is 23.1 Å². The molecule has 0 spiro atoms. The number of hydrogen-bond acceptors (Lipinski definition) is 8. The maximum absolute atomic E-state index is 5.13. The number of rotatable bonds is 5. The number of methoxy groups -OCH3 is 1. The fourth-order valence-corrected chi connectivity index (χ4v) is 3.00. The van der Waals surface area contributed by atoms with Gasteiger partial charge in [-0.25, -0.2) is 19.9 Å². The summed E-state index contributed by atoms with van der Waals surface area (Å²) in [4.78, 5) is 18.5. The van der Waals surface area contributed by atoms with E-state index >= 15 is 0 Å². The molecule has 3 heterocycles. The van der Waals surface area contributed by atoms with Crippen molar-refractivity contribution >= 4 is 44.4 Å². The highest BCUT2D eigenvalue weighted by molar-refractivity contribution is 7.98. The summed E-state index contributed by atoms with van der Waals surface area (Å²) in [7, 11) is 1.65. The average molecular weight is 319 g/mol. The first-order valence-electron chi connectivity index (χ1n) is 6.18. The quantitative estimate of drug-likeness (QED) is 0.572. The summed E-state index contributed by atoms with van der Waals surface area (Å²) >= 11 is 2.98. The Labute approximate surface area is 130 Å². The molecule has 0 aliphatic rings. The van der Waals surface area contributed by atoms with E-state index in [1.54, 1.807) is 13.3 Å². The van der Waals surface area contributed by atoms with Crippen LogP contribution in [0, 0.1) is 0 Å². The molecule has 0 saturated heterocycles. The lowest BCUT2D eigenvalue weighted by molar-refractivity contribution is 0.181. The number of hydrogen-bond donors (Lipinski definition) is 1. The molecular weight excluding hydrogens is 306 g/mol. The third kappa shape index (κ3) is 3.29. The normalized spacial score (nSPS) is 11.0. The van der Waals surface area contributed by atoms with Crippen LogP contribution in [0.15, 0.2) is 29.6 Å². The van der Waals surface area contributed by atoms with E-state index in [0.29, 0.717) is 17.6 Å². The topological polar surface area (TPSA) is 72.8 Å². The summed E-state index contributed by atoms with van der Waals surface area (Å²) in [6.45, 7) is 0.451. The molecule has 3 aromatic heterocycles. The van der Waals surface area contributed by atoms with Crippen LogP contribution in [0.25, 0.3) is 10.3 Å². The molecule has 0 radical (unpaired) electrons. The van der Waals surface area contributed by atoms with Gasteiger partial charge in [0.15, 0.2) is 10.3 Å². The highest BCUT2D eigenvalue weighted by Gasteiger charge is 2.08. The van der Waals surface area contributed by atoms with E-state index in [1.165, 1.54) is 23.1 Å². The van der Waals surface area contributed by atoms with E-state index in [1.807, 2.05) is 24.5 Å². The molecule has 0 unspecified atom stereocenters. The van der Waals surface area contributed by atoms with Crippen LogP contribution in [-0.4, -0.2) is 33.3 Å². The number of anilines is 2. The summed E-state index contributed by atoms with van der Waals surface area (Å²) in [5, 5.41) is 4.68. The predicted octanol–water partition coefficient (Wildman–Crippen LogP) is 3.09. The molecular formula is C13H13N5OS2. The molecule has 6 nitrogen and oxygen atoms in total. The molecule has 3 rings (SSSR count). The highest BCUT2D eigenvalue weighted by Crippen LogP contribution is 2.26. The zero-order valence-electron chi connectivity index (χ0n) is 11.5. The van der Waals surface area contributed by atoms with Crippen molar-refractivity contribution in [1.29, 1.82) is 0 Å².